The molecule has 3 aromatic rings. The number of carbonyl (C=O) groups is 1. The molecule has 0 fully saturated rings. The summed E-state index contributed by atoms with van der Waals surface area (Å²) in [6.07, 6.45) is 0. The van der Waals surface area contributed by atoms with Crippen LogP contribution in [0.3, 0.4) is 0 Å². The Labute approximate surface area is 146 Å². The number of benzene rings is 2. The molecule has 0 aliphatic rings. The summed E-state index contributed by atoms with van der Waals surface area (Å²) < 4.78 is 5.08. The van der Waals surface area contributed by atoms with Gasteiger partial charge in [0, 0.05) is 30.3 Å². The maximum atomic E-state index is 11.5. The highest BCUT2D eigenvalue weighted by atomic mass is 16.5. The Hall–Kier alpha value is -2.99. The number of hydrogen-bond donors (Lipinski definition) is 2. The second-order valence-corrected chi connectivity index (χ2v) is 5.59. The van der Waals surface area contributed by atoms with E-state index < -0.39 is 0 Å². The summed E-state index contributed by atoms with van der Waals surface area (Å²) in [7, 11) is 1.66. The van der Waals surface area contributed by atoms with Crippen LogP contribution in [-0.4, -0.2) is 36.0 Å². The molecule has 128 valence electrons. The number of anilines is 3. The molecular weight excluding hydrogens is 316 g/mol. The first-order chi connectivity index (χ1) is 12.2. The average molecular weight is 336 g/mol. The summed E-state index contributed by atoms with van der Waals surface area (Å²) in [6, 6.07) is 15.1. The standard InChI is InChI=1S/C19H20N4O2/c1-13(24)14-6-5-7-15(12-14)21-19-22-17-9-4-3-8-16(17)18(23-19)20-10-11-25-2/h3-9,12H,10-11H2,1-2H3,(H2,20,21,22,23). The molecule has 0 radical (unpaired) electrons. The van der Waals surface area contributed by atoms with Crippen molar-refractivity contribution in [3.05, 3.63) is 54.1 Å². The molecule has 1 heterocycles. The molecule has 0 atom stereocenters. The van der Waals surface area contributed by atoms with Crippen LogP contribution in [0.25, 0.3) is 10.9 Å². The molecule has 0 unspecified atom stereocenters. The largest absolute Gasteiger partial charge is 0.383 e. The number of methoxy groups -OCH3 is 1. The van der Waals surface area contributed by atoms with E-state index in [9.17, 15) is 4.79 Å². The second-order valence-electron chi connectivity index (χ2n) is 5.59. The van der Waals surface area contributed by atoms with E-state index in [-0.39, 0.29) is 5.78 Å². The van der Waals surface area contributed by atoms with Crippen molar-refractivity contribution >= 4 is 34.1 Å². The van der Waals surface area contributed by atoms with E-state index in [4.69, 9.17) is 4.74 Å². The highest BCUT2D eigenvalue weighted by Crippen LogP contribution is 2.23. The maximum Gasteiger partial charge on any atom is 0.229 e. The zero-order valence-electron chi connectivity index (χ0n) is 14.2. The van der Waals surface area contributed by atoms with Gasteiger partial charge in [0.1, 0.15) is 5.82 Å². The van der Waals surface area contributed by atoms with Crippen LogP contribution in [0, 0.1) is 0 Å². The van der Waals surface area contributed by atoms with Crippen molar-refractivity contribution in [2.45, 2.75) is 6.92 Å². The summed E-state index contributed by atoms with van der Waals surface area (Å²) in [5.41, 5.74) is 2.25. The fraction of sp³-hybridized carbons (Fsp3) is 0.211. The maximum absolute atomic E-state index is 11.5. The summed E-state index contributed by atoms with van der Waals surface area (Å²) in [5.74, 6) is 1.23. The van der Waals surface area contributed by atoms with Crippen molar-refractivity contribution in [3.63, 3.8) is 0 Å². The van der Waals surface area contributed by atoms with Gasteiger partial charge in [0.25, 0.3) is 0 Å². The van der Waals surface area contributed by atoms with Crippen molar-refractivity contribution in [2.75, 3.05) is 30.9 Å². The number of carbonyl (C=O) groups excluding carboxylic acids is 1. The highest BCUT2D eigenvalue weighted by Gasteiger charge is 2.08. The van der Waals surface area contributed by atoms with Crippen molar-refractivity contribution in [1.82, 2.24) is 9.97 Å². The van der Waals surface area contributed by atoms with Crippen LogP contribution in [0.1, 0.15) is 17.3 Å². The number of nitrogens with zero attached hydrogens (tertiary/aromatic N) is 2. The van der Waals surface area contributed by atoms with E-state index in [1.165, 1.54) is 0 Å². The normalized spacial score (nSPS) is 10.6. The molecule has 0 amide bonds. The predicted molar refractivity (Wildman–Crippen MR) is 99.6 cm³/mol. The lowest BCUT2D eigenvalue weighted by atomic mass is 10.1. The predicted octanol–water partition coefficient (Wildman–Crippen LogP) is 3.63. The van der Waals surface area contributed by atoms with Crippen molar-refractivity contribution in [1.29, 1.82) is 0 Å². The SMILES string of the molecule is COCCNc1nc(Nc2cccc(C(C)=O)c2)nc2ccccc12. The number of fused-ring (bicyclic) bond motifs is 1. The van der Waals surface area contributed by atoms with Gasteiger partial charge >= 0.3 is 0 Å². The zero-order chi connectivity index (χ0) is 17.6. The molecule has 0 saturated carbocycles. The van der Waals surface area contributed by atoms with Gasteiger partial charge in [-0.1, -0.05) is 24.3 Å². The quantitative estimate of drug-likeness (QED) is 0.507. The van der Waals surface area contributed by atoms with Gasteiger partial charge in [0.05, 0.1) is 12.1 Å². The topological polar surface area (TPSA) is 76.1 Å². The second kappa shape index (κ2) is 7.72. The Bertz CT molecular complexity index is 895. The Morgan fingerprint density at radius 1 is 1.12 bits per heavy atom. The fourth-order valence-corrected chi connectivity index (χ4v) is 2.48. The summed E-state index contributed by atoms with van der Waals surface area (Å²) >= 11 is 0. The van der Waals surface area contributed by atoms with Gasteiger partial charge in [0.2, 0.25) is 5.95 Å². The first kappa shape index (κ1) is 16.9. The summed E-state index contributed by atoms with van der Waals surface area (Å²) in [5, 5.41) is 7.40. The summed E-state index contributed by atoms with van der Waals surface area (Å²) in [4.78, 5) is 20.7. The molecule has 0 aliphatic heterocycles. The minimum absolute atomic E-state index is 0.0185. The smallest absolute Gasteiger partial charge is 0.229 e. The van der Waals surface area contributed by atoms with Gasteiger partial charge in [-0.2, -0.15) is 4.98 Å². The molecule has 2 N–H and O–H groups in total. The van der Waals surface area contributed by atoms with Gasteiger partial charge in [-0.3, -0.25) is 4.79 Å². The molecule has 3 rings (SSSR count). The Balaban J connectivity index is 1.93. The molecule has 0 bridgehead atoms. The Kier molecular flexibility index (Phi) is 5.20. The number of Topliss-reactive ketones (excluding diaryl/α,β-unsaturated/α-hetero) is 1. The van der Waals surface area contributed by atoms with E-state index in [1.807, 2.05) is 36.4 Å². The molecule has 0 spiro atoms. The molecule has 6 nitrogen and oxygen atoms in total. The number of hydrogen-bond acceptors (Lipinski definition) is 6. The first-order valence-corrected chi connectivity index (χ1v) is 8.05. The van der Waals surface area contributed by atoms with Crippen molar-refractivity contribution in [2.24, 2.45) is 0 Å². The summed E-state index contributed by atoms with van der Waals surface area (Å²) in [6.45, 7) is 2.78. The molecule has 6 heteroatoms. The van der Waals surface area contributed by atoms with E-state index in [0.29, 0.717) is 24.7 Å². The Morgan fingerprint density at radius 3 is 2.76 bits per heavy atom. The third-order valence-corrected chi connectivity index (χ3v) is 3.73. The van der Waals surface area contributed by atoms with E-state index in [1.54, 1.807) is 26.2 Å². The average Bonchev–Trinajstić information content (AvgIpc) is 2.62. The van der Waals surface area contributed by atoms with Crippen LogP contribution < -0.4 is 10.6 Å². The number of aromatic nitrogens is 2. The molecule has 0 saturated heterocycles. The molecule has 2 aromatic carbocycles. The van der Waals surface area contributed by atoms with Gasteiger partial charge in [-0.25, -0.2) is 4.98 Å². The number of para-hydroxylation sites is 1. The van der Waals surface area contributed by atoms with Gasteiger partial charge in [-0.15, -0.1) is 0 Å². The Morgan fingerprint density at radius 2 is 1.96 bits per heavy atom. The van der Waals surface area contributed by atoms with Crippen LogP contribution in [0.15, 0.2) is 48.5 Å². The molecular formula is C19H20N4O2. The lowest BCUT2D eigenvalue weighted by Crippen LogP contribution is -2.10. The van der Waals surface area contributed by atoms with E-state index >= 15 is 0 Å². The lowest BCUT2D eigenvalue weighted by Gasteiger charge is -2.12. The number of nitrogens with one attached hydrogen (secondary N) is 2. The molecule has 0 aliphatic carbocycles. The minimum atomic E-state index is 0.0185. The molecule has 1 aromatic heterocycles. The zero-order valence-corrected chi connectivity index (χ0v) is 14.2. The first-order valence-electron chi connectivity index (χ1n) is 8.05. The molecule has 25 heavy (non-hydrogen) atoms. The van der Waals surface area contributed by atoms with Gasteiger partial charge in [-0.05, 0) is 31.2 Å². The lowest BCUT2D eigenvalue weighted by molar-refractivity contribution is 0.101. The third kappa shape index (κ3) is 4.10. The van der Waals surface area contributed by atoms with Crippen LogP contribution in [0.5, 0.6) is 0 Å². The number of ether oxygens (including phenoxy) is 1. The van der Waals surface area contributed by atoms with E-state index in [2.05, 4.69) is 20.6 Å². The monoisotopic (exact) mass is 336 g/mol. The van der Waals surface area contributed by atoms with Crippen LogP contribution >= 0.6 is 0 Å². The van der Waals surface area contributed by atoms with Crippen molar-refractivity contribution in [3.8, 4) is 0 Å². The van der Waals surface area contributed by atoms with Crippen LogP contribution in [0.2, 0.25) is 0 Å². The van der Waals surface area contributed by atoms with Crippen molar-refractivity contribution < 1.29 is 9.53 Å². The number of rotatable bonds is 7. The minimum Gasteiger partial charge on any atom is -0.383 e. The van der Waals surface area contributed by atoms with Gasteiger partial charge in [0.15, 0.2) is 5.78 Å². The third-order valence-electron chi connectivity index (χ3n) is 3.73. The van der Waals surface area contributed by atoms with Crippen LogP contribution in [-0.2, 0) is 4.74 Å². The van der Waals surface area contributed by atoms with Gasteiger partial charge < -0.3 is 15.4 Å². The van der Waals surface area contributed by atoms with Crippen LogP contribution in [0.4, 0.5) is 17.5 Å². The van der Waals surface area contributed by atoms with E-state index in [0.717, 1.165) is 22.4 Å². The fourth-order valence-electron chi connectivity index (χ4n) is 2.48. The number of ketones is 1. The highest BCUT2D eigenvalue weighted by molar-refractivity contribution is 5.95.